The van der Waals surface area contributed by atoms with Gasteiger partial charge in [-0.05, 0) is 69.2 Å². The predicted octanol–water partition coefficient (Wildman–Crippen LogP) is 6.20. The maximum Gasteiger partial charge on any atom is 0.300 e. The van der Waals surface area contributed by atoms with Gasteiger partial charge in [-0.3, -0.25) is 14.5 Å². The summed E-state index contributed by atoms with van der Waals surface area (Å²) in [5, 5.41) is 12.4. The zero-order valence-electron chi connectivity index (χ0n) is 20.7. The molecule has 182 valence electrons. The molecule has 1 aromatic heterocycles. The molecule has 36 heavy (non-hydrogen) atoms. The number of benzene rings is 3. The number of amides is 1. The first-order chi connectivity index (χ1) is 17.3. The van der Waals surface area contributed by atoms with Crippen LogP contribution in [0, 0.1) is 13.8 Å². The molecule has 6 heteroatoms. The summed E-state index contributed by atoms with van der Waals surface area (Å²) in [6.45, 7) is 7.68. The molecule has 1 aliphatic heterocycles. The van der Waals surface area contributed by atoms with Crippen LogP contribution >= 0.6 is 0 Å². The van der Waals surface area contributed by atoms with E-state index in [9.17, 15) is 14.7 Å². The molecule has 1 fully saturated rings. The first-order valence-electron chi connectivity index (χ1n) is 12.0. The minimum absolute atomic E-state index is 0.00413. The monoisotopic (exact) mass is 480 g/mol. The van der Waals surface area contributed by atoms with Gasteiger partial charge in [-0.2, -0.15) is 0 Å². The molecule has 5 rings (SSSR count). The minimum Gasteiger partial charge on any atom is -0.507 e. The average Bonchev–Trinajstić information content (AvgIpc) is 3.39. The molecule has 0 saturated carbocycles. The van der Waals surface area contributed by atoms with Crippen molar-refractivity contribution in [3.05, 3.63) is 101 Å². The minimum atomic E-state index is -0.797. The molecule has 1 atom stereocenters. The number of aromatic nitrogens is 1. The van der Waals surface area contributed by atoms with E-state index in [1.54, 1.807) is 18.2 Å². The van der Waals surface area contributed by atoms with Crippen LogP contribution in [0.15, 0.2) is 78.5 Å². The van der Waals surface area contributed by atoms with Crippen molar-refractivity contribution in [3.8, 4) is 5.75 Å². The highest BCUT2D eigenvalue weighted by Crippen LogP contribution is 2.45. The topological polar surface area (TPSA) is 82.6 Å². The van der Waals surface area contributed by atoms with Crippen LogP contribution in [0.25, 0.3) is 16.7 Å². The predicted molar refractivity (Wildman–Crippen MR) is 141 cm³/mol. The highest BCUT2D eigenvalue weighted by Gasteiger charge is 2.48. The summed E-state index contributed by atoms with van der Waals surface area (Å²) >= 11 is 0. The molecule has 2 N–H and O–H groups in total. The third-order valence-electron chi connectivity index (χ3n) is 6.55. The maximum atomic E-state index is 13.5. The van der Waals surface area contributed by atoms with E-state index in [0.29, 0.717) is 17.0 Å². The molecule has 2 heterocycles. The van der Waals surface area contributed by atoms with E-state index in [1.165, 1.54) is 4.90 Å². The van der Waals surface area contributed by atoms with E-state index < -0.39 is 17.7 Å². The summed E-state index contributed by atoms with van der Waals surface area (Å²) < 4.78 is 5.83. The molecule has 6 nitrogen and oxygen atoms in total. The molecule has 1 amide bonds. The van der Waals surface area contributed by atoms with Crippen LogP contribution in [-0.2, 0) is 9.59 Å². The van der Waals surface area contributed by atoms with Crippen LogP contribution in [0.1, 0.15) is 42.1 Å². The van der Waals surface area contributed by atoms with E-state index in [4.69, 9.17) is 4.74 Å². The molecule has 1 saturated heterocycles. The van der Waals surface area contributed by atoms with Crippen LogP contribution in [0.3, 0.4) is 0 Å². The molecule has 4 aromatic rings. The number of ketones is 1. The summed E-state index contributed by atoms with van der Waals surface area (Å²) in [6, 6.07) is 19.6. The van der Waals surface area contributed by atoms with E-state index in [2.05, 4.69) is 4.98 Å². The van der Waals surface area contributed by atoms with Gasteiger partial charge in [-0.15, -0.1) is 0 Å². The molecule has 0 radical (unpaired) electrons. The van der Waals surface area contributed by atoms with Gasteiger partial charge in [0.1, 0.15) is 11.5 Å². The first kappa shape index (κ1) is 23.4. The van der Waals surface area contributed by atoms with Crippen molar-refractivity contribution >= 4 is 34.0 Å². The largest absolute Gasteiger partial charge is 0.507 e. The zero-order chi connectivity index (χ0) is 25.6. The maximum absolute atomic E-state index is 13.5. The molecule has 3 aromatic carbocycles. The lowest BCUT2D eigenvalue weighted by atomic mass is 9.94. The van der Waals surface area contributed by atoms with E-state index >= 15 is 0 Å². The third-order valence-corrected chi connectivity index (χ3v) is 6.55. The number of fused-ring (bicyclic) bond motifs is 1. The number of carbonyl (C=O) groups excluding carboxylic acids is 2. The highest BCUT2D eigenvalue weighted by molar-refractivity contribution is 6.52. The number of aliphatic hydroxyl groups is 1. The lowest BCUT2D eigenvalue weighted by molar-refractivity contribution is -0.132. The van der Waals surface area contributed by atoms with E-state index in [-0.39, 0.29) is 17.4 Å². The number of para-hydroxylation sites is 2. The second-order valence-corrected chi connectivity index (χ2v) is 9.39. The molecule has 1 aliphatic rings. The molecular formula is C30H28N2O4. The second-order valence-electron chi connectivity index (χ2n) is 9.39. The van der Waals surface area contributed by atoms with E-state index in [0.717, 1.165) is 27.6 Å². The fourth-order valence-electron chi connectivity index (χ4n) is 4.87. The van der Waals surface area contributed by atoms with Crippen molar-refractivity contribution in [2.45, 2.75) is 39.8 Å². The second kappa shape index (κ2) is 9.04. The van der Waals surface area contributed by atoms with Gasteiger partial charge in [0.05, 0.1) is 17.7 Å². The number of Topliss-reactive ketones (excluding diaryl/α,β-unsaturated/α-hetero) is 1. The van der Waals surface area contributed by atoms with Crippen LogP contribution in [0.5, 0.6) is 5.75 Å². The number of anilines is 1. The number of hydrogen-bond acceptors (Lipinski definition) is 4. The number of H-pyrrole nitrogens is 1. The van der Waals surface area contributed by atoms with Gasteiger partial charge in [-0.1, -0.05) is 36.4 Å². The van der Waals surface area contributed by atoms with Gasteiger partial charge >= 0.3 is 0 Å². The fraction of sp³-hybridized carbons (Fsp3) is 0.200. The Morgan fingerprint density at radius 1 is 0.972 bits per heavy atom. The Kier molecular flexibility index (Phi) is 5.88. The smallest absolute Gasteiger partial charge is 0.300 e. The number of nitrogens with one attached hydrogen (secondary N) is 1. The van der Waals surface area contributed by atoms with Gasteiger partial charge in [0.15, 0.2) is 0 Å². The molecule has 0 aliphatic carbocycles. The standard InChI is InChI=1S/C30H28N2O4/c1-17(2)36-25-14-13-20(15-19(25)4)28(33)26-27(22-16-31-23-11-7-6-10-21(22)23)32(30(35)29(26)34)24-12-8-5-9-18(24)3/h5-17,27,31,33H,1-4H3/b28-26+. The number of nitrogens with zero attached hydrogens (tertiary/aromatic N) is 1. The summed E-state index contributed by atoms with van der Waals surface area (Å²) in [5.74, 6) is -0.891. The van der Waals surface area contributed by atoms with Gasteiger partial charge in [-0.25, -0.2) is 0 Å². The van der Waals surface area contributed by atoms with Crippen molar-refractivity contribution in [3.63, 3.8) is 0 Å². The number of aromatic amines is 1. The Balaban J connectivity index is 1.74. The number of aryl methyl sites for hydroxylation is 2. The summed E-state index contributed by atoms with van der Waals surface area (Å²) in [5.41, 5.74) is 4.45. The van der Waals surface area contributed by atoms with Gasteiger partial charge in [0, 0.05) is 33.9 Å². The lowest BCUT2D eigenvalue weighted by Gasteiger charge is -2.26. The van der Waals surface area contributed by atoms with Crippen LogP contribution in [-0.4, -0.2) is 27.9 Å². The molecule has 1 unspecified atom stereocenters. The van der Waals surface area contributed by atoms with Crippen molar-refractivity contribution in [2.75, 3.05) is 4.90 Å². The van der Waals surface area contributed by atoms with Gasteiger partial charge < -0.3 is 14.8 Å². The number of hydrogen-bond donors (Lipinski definition) is 2. The Hall–Kier alpha value is -4.32. The summed E-state index contributed by atoms with van der Waals surface area (Å²) in [7, 11) is 0. The number of rotatable bonds is 5. The summed E-state index contributed by atoms with van der Waals surface area (Å²) in [4.78, 5) is 31.7. The van der Waals surface area contributed by atoms with Crippen molar-refractivity contribution in [1.29, 1.82) is 0 Å². The molecule has 0 bridgehead atoms. The highest BCUT2D eigenvalue weighted by atomic mass is 16.5. The fourth-order valence-corrected chi connectivity index (χ4v) is 4.87. The quantitative estimate of drug-likeness (QED) is 0.202. The van der Waals surface area contributed by atoms with Crippen LogP contribution in [0.4, 0.5) is 5.69 Å². The number of carbonyl (C=O) groups is 2. The van der Waals surface area contributed by atoms with Crippen LogP contribution in [0.2, 0.25) is 0 Å². The Labute approximate surface area is 209 Å². The van der Waals surface area contributed by atoms with Crippen molar-refractivity contribution in [1.82, 2.24) is 4.98 Å². The van der Waals surface area contributed by atoms with Crippen LogP contribution < -0.4 is 9.64 Å². The Bertz CT molecular complexity index is 1530. The number of ether oxygens (including phenoxy) is 1. The first-order valence-corrected chi connectivity index (χ1v) is 12.0. The zero-order valence-corrected chi connectivity index (χ0v) is 20.7. The summed E-state index contributed by atoms with van der Waals surface area (Å²) in [6.07, 6.45) is 1.81. The average molecular weight is 481 g/mol. The van der Waals surface area contributed by atoms with Crippen molar-refractivity contribution < 1.29 is 19.4 Å². The van der Waals surface area contributed by atoms with Gasteiger partial charge in [0.2, 0.25) is 0 Å². The SMILES string of the molecule is Cc1cc(/C(O)=C2\C(=O)C(=O)N(c3ccccc3C)C2c2c[nH]c3ccccc23)ccc1OC(C)C. The van der Waals surface area contributed by atoms with Crippen molar-refractivity contribution in [2.24, 2.45) is 0 Å². The van der Waals surface area contributed by atoms with E-state index in [1.807, 2.05) is 82.4 Å². The normalized spacial score (nSPS) is 17.4. The lowest BCUT2D eigenvalue weighted by Crippen LogP contribution is -2.30. The molecular weight excluding hydrogens is 452 g/mol. The Morgan fingerprint density at radius 2 is 1.69 bits per heavy atom. The van der Waals surface area contributed by atoms with Gasteiger partial charge in [0.25, 0.3) is 11.7 Å². The Morgan fingerprint density at radius 3 is 2.42 bits per heavy atom. The third kappa shape index (κ3) is 3.85. The molecule has 0 spiro atoms. The number of aliphatic hydroxyl groups excluding tert-OH is 1.